The molecule has 1 saturated carbocycles. The van der Waals surface area contributed by atoms with Crippen molar-refractivity contribution in [2.24, 2.45) is 5.92 Å². The molecule has 0 amide bonds. The smallest absolute Gasteiger partial charge is 0.140 e. The van der Waals surface area contributed by atoms with Gasteiger partial charge in [0.2, 0.25) is 0 Å². The Morgan fingerprint density at radius 1 is 1.24 bits per heavy atom. The lowest BCUT2D eigenvalue weighted by Gasteiger charge is -2.39. The summed E-state index contributed by atoms with van der Waals surface area (Å²) >= 11 is 0. The maximum atomic E-state index is 8.76. The van der Waals surface area contributed by atoms with Crippen molar-refractivity contribution < 1.29 is 0 Å². The minimum atomic E-state index is 0.508. The normalized spacial score (nSPS) is 27.6. The lowest BCUT2D eigenvalue weighted by Crippen LogP contribution is -2.42. The van der Waals surface area contributed by atoms with E-state index in [1.54, 1.807) is 0 Å². The number of rotatable bonds is 1. The van der Waals surface area contributed by atoms with E-state index in [0.29, 0.717) is 5.69 Å². The number of anilines is 1. The quantitative estimate of drug-likeness (QED) is 0.740. The van der Waals surface area contributed by atoms with Crippen LogP contribution in [0.5, 0.6) is 0 Å². The number of pyridine rings is 1. The number of hydrogen-bond acceptors (Lipinski definition) is 3. The van der Waals surface area contributed by atoms with Gasteiger partial charge >= 0.3 is 0 Å². The van der Waals surface area contributed by atoms with Gasteiger partial charge in [-0.25, -0.2) is 4.98 Å². The molecule has 2 fully saturated rings. The Labute approximate surface area is 102 Å². The zero-order valence-corrected chi connectivity index (χ0v) is 9.97. The Bertz CT molecular complexity index is 432. The average Bonchev–Trinajstić information content (AvgIpc) is 2.87. The highest BCUT2D eigenvalue weighted by Gasteiger charge is 2.34. The molecule has 1 aromatic heterocycles. The summed E-state index contributed by atoms with van der Waals surface area (Å²) in [5, 5.41) is 8.76. The van der Waals surface area contributed by atoms with Gasteiger partial charge < -0.3 is 4.90 Å². The number of fused-ring (bicyclic) bond motifs is 1. The number of nitriles is 1. The van der Waals surface area contributed by atoms with Crippen molar-refractivity contribution in [3.8, 4) is 6.07 Å². The minimum Gasteiger partial charge on any atom is -0.367 e. The first-order valence-corrected chi connectivity index (χ1v) is 6.51. The van der Waals surface area contributed by atoms with Crippen LogP contribution < -0.4 is 4.90 Å². The summed E-state index contributed by atoms with van der Waals surface area (Å²) in [5.41, 5.74) is 1.70. The molecule has 3 nitrogen and oxygen atoms in total. The monoisotopic (exact) mass is 227 g/mol. The lowest BCUT2D eigenvalue weighted by atomic mass is 9.91. The van der Waals surface area contributed by atoms with E-state index in [4.69, 9.17) is 5.26 Å². The van der Waals surface area contributed by atoms with Gasteiger partial charge in [-0.1, -0.05) is 6.42 Å². The lowest BCUT2D eigenvalue weighted by molar-refractivity contribution is 0.362. The average molecular weight is 227 g/mol. The van der Waals surface area contributed by atoms with Crippen LogP contribution in [0.4, 0.5) is 5.69 Å². The molecule has 0 N–H and O–H groups in total. The maximum absolute atomic E-state index is 8.76. The third-order valence-electron chi connectivity index (χ3n) is 4.19. The van der Waals surface area contributed by atoms with E-state index in [1.807, 2.05) is 18.3 Å². The van der Waals surface area contributed by atoms with E-state index in [-0.39, 0.29) is 0 Å². The van der Waals surface area contributed by atoms with Crippen LogP contribution in [-0.2, 0) is 0 Å². The van der Waals surface area contributed by atoms with Crippen LogP contribution in [0.25, 0.3) is 0 Å². The van der Waals surface area contributed by atoms with Crippen LogP contribution in [0.3, 0.4) is 0 Å². The summed E-state index contributed by atoms with van der Waals surface area (Å²) in [5.74, 6) is 0.888. The molecule has 1 aromatic rings. The van der Waals surface area contributed by atoms with Gasteiger partial charge in [0.05, 0.1) is 11.9 Å². The van der Waals surface area contributed by atoms with Crippen LogP contribution in [-0.4, -0.2) is 17.6 Å². The van der Waals surface area contributed by atoms with Gasteiger partial charge in [-0.15, -0.1) is 0 Å². The van der Waals surface area contributed by atoms with Crippen LogP contribution in [0.1, 0.15) is 37.8 Å². The fraction of sp³-hybridized carbons (Fsp3) is 0.571. The molecule has 1 aliphatic heterocycles. The van der Waals surface area contributed by atoms with Crippen molar-refractivity contribution in [1.82, 2.24) is 4.98 Å². The molecule has 0 aromatic carbocycles. The SMILES string of the molecule is N#Cc1ccc(N2CCCC3CCCC32)cn1. The standard InChI is InChI=1S/C14H17N3/c15-9-12-6-7-13(10-16-12)17-8-2-4-11-3-1-5-14(11)17/h6-7,10-11,14H,1-5,8H2. The highest BCUT2D eigenvalue weighted by Crippen LogP contribution is 2.38. The van der Waals surface area contributed by atoms with E-state index in [2.05, 4.69) is 16.0 Å². The highest BCUT2D eigenvalue weighted by atomic mass is 15.2. The maximum Gasteiger partial charge on any atom is 0.140 e. The fourth-order valence-electron chi connectivity index (χ4n) is 3.40. The third-order valence-corrected chi connectivity index (χ3v) is 4.19. The number of nitrogens with zero attached hydrogens (tertiary/aromatic N) is 3. The van der Waals surface area contributed by atoms with Gasteiger partial charge in [-0.3, -0.25) is 0 Å². The third kappa shape index (κ3) is 1.88. The summed E-state index contributed by atoms with van der Waals surface area (Å²) in [6.07, 6.45) is 8.64. The molecule has 17 heavy (non-hydrogen) atoms. The van der Waals surface area contributed by atoms with Gasteiger partial charge in [0.1, 0.15) is 11.8 Å². The first-order chi connectivity index (χ1) is 8.38. The largest absolute Gasteiger partial charge is 0.367 e. The Morgan fingerprint density at radius 3 is 2.88 bits per heavy atom. The minimum absolute atomic E-state index is 0.508. The molecule has 2 atom stereocenters. The van der Waals surface area contributed by atoms with E-state index in [9.17, 15) is 0 Å². The zero-order chi connectivity index (χ0) is 11.7. The summed E-state index contributed by atoms with van der Waals surface area (Å²) in [6.45, 7) is 1.15. The second-order valence-corrected chi connectivity index (χ2v) is 5.11. The number of hydrogen-bond donors (Lipinski definition) is 0. The van der Waals surface area contributed by atoms with Crippen molar-refractivity contribution in [3.63, 3.8) is 0 Å². The van der Waals surface area contributed by atoms with Crippen molar-refractivity contribution in [2.75, 3.05) is 11.4 Å². The summed E-state index contributed by atoms with van der Waals surface area (Å²) in [6, 6.07) is 6.67. The van der Waals surface area contributed by atoms with Gasteiger partial charge in [0.15, 0.2) is 0 Å². The fourth-order valence-corrected chi connectivity index (χ4v) is 3.40. The molecule has 88 valence electrons. The molecule has 0 bridgehead atoms. The van der Waals surface area contributed by atoms with E-state index < -0.39 is 0 Å². The predicted octanol–water partition coefficient (Wildman–Crippen LogP) is 2.72. The number of aromatic nitrogens is 1. The molecule has 0 radical (unpaired) electrons. The van der Waals surface area contributed by atoms with Gasteiger partial charge in [-0.2, -0.15) is 5.26 Å². The number of piperidine rings is 1. The summed E-state index contributed by atoms with van der Waals surface area (Å²) in [7, 11) is 0. The second kappa shape index (κ2) is 4.37. The molecular weight excluding hydrogens is 210 g/mol. The molecule has 2 aliphatic rings. The highest BCUT2D eigenvalue weighted by molar-refractivity contribution is 5.47. The molecule has 2 unspecified atom stereocenters. The van der Waals surface area contributed by atoms with Crippen LogP contribution in [0, 0.1) is 17.2 Å². The van der Waals surface area contributed by atoms with Gasteiger partial charge in [0, 0.05) is 12.6 Å². The van der Waals surface area contributed by atoms with E-state index >= 15 is 0 Å². The molecular formula is C14H17N3. The Morgan fingerprint density at radius 2 is 2.12 bits per heavy atom. The molecule has 3 rings (SSSR count). The summed E-state index contributed by atoms with van der Waals surface area (Å²) in [4.78, 5) is 6.69. The predicted molar refractivity (Wildman–Crippen MR) is 66.7 cm³/mol. The molecule has 3 heteroatoms. The molecule has 1 aliphatic carbocycles. The van der Waals surface area contributed by atoms with Crippen LogP contribution in [0.15, 0.2) is 18.3 Å². The Kier molecular flexibility index (Phi) is 2.72. The van der Waals surface area contributed by atoms with Gasteiger partial charge in [0.25, 0.3) is 0 Å². The molecule has 2 heterocycles. The zero-order valence-electron chi connectivity index (χ0n) is 9.97. The Balaban J connectivity index is 1.84. The van der Waals surface area contributed by atoms with Crippen molar-refractivity contribution in [2.45, 2.75) is 38.1 Å². The second-order valence-electron chi connectivity index (χ2n) is 5.11. The molecule has 1 saturated heterocycles. The van der Waals surface area contributed by atoms with Crippen molar-refractivity contribution in [3.05, 3.63) is 24.0 Å². The van der Waals surface area contributed by atoms with Gasteiger partial charge in [-0.05, 0) is 43.7 Å². The topological polar surface area (TPSA) is 39.9 Å². The first kappa shape index (κ1) is 10.6. The summed E-state index contributed by atoms with van der Waals surface area (Å²) < 4.78 is 0. The first-order valence-electron chi connectivity index (χ1n) is 6.51. The van der Waals surface area contributed by atoms with Crippen molar-refractivity contribution >= 4 is 5.69 Å². The van der Waals surface area contributed by atoms with Crippen LogP contribution >= 0.6 is 0 Å². The molecule has 0 spiro atoms. The van der Waals surface area contributed by atoms with E-state index in [0.717, 1.165) is 18.5 Å². The Hall–Kier alpha value is -1.56. The van der Waals surface area contributed by atoms with Crippen LogP contribution in [0.2, 0.25) is 0 Å². The van der Waals surface area contributed by atoms with E-state index in [1.165, 1.54) is 37.8 Å². The van der Waals surface area contributed by atoms with Crippen molar-refractivity contribution in [1.29, 1.82) is 5.26 Å².